The Bertz CT molecular complexity index is 744. The Labute approximate surface area is 116 Å². The Kier molecular flexibility index (Phi) is 4.17. The van der Waals surface area contributed by atoms with E-state index in [1.165, 1.54) is 18.5 Å². The molecule has 1 heterocycles. The normalized spacial score (nSPS) is 11.2. The van der Waals surface area contributed by atoms with Crippen LogP contribution in [-0.4, -0.2) is 28.8 Å². The number of imidazole rings is 1. The smallest absolute Gasteiger partial charge is 0.180 e. The molecule has 0 saturated carbocycles. The van der Waals surface area contributed by atoms with Crippen LogP contribution in [0.2, 0.25) is 0 Å². The first kappa shape index (κ1) is 14.2. The minimum absolute atomic E-state index is 0.0941. The van der Waals surface area contributed by atoms with Gasteiger partial charge >= 0.3 is 0 Å². The number of hydrogen-bond acceptors (Lipinski definition) is 5. The maximum absolute atomic E-state index is 12.2. The van der Waals surface area contributed by atoms with Crippen LogP contribution in [0, 0.1) is 11.3 Å². The quantitative estimate of drug-likeness (QED) is 0.875. The van der Waals surface area contributed by atoms with Gasteiger partial charge in [0, 0.05) is 12.7 Å². The van der Waals surface area contributed by atoms with Gasteiger partial charge in [-0.25, -0.2) is 13.4 Å². The van der Waals surface area contributed by atoms with Crippen molar-refractivity contribution in [3.05, 3.63) is 48.0 Å². The molecule has 6 nitrogen and oxygen atoms in total. The zero-order valence-electron chi connectivity index (χ0n) is 10.6. The summed E-state index contributed by atoms with van der Waals surface area (Å²) in [5.74, 6) is -0.0941. The minimum Gasteiger partial charge on any atom is -0.390 e. The molecule has 0 spiro atoms. The van der Waals surface area contributed by atoms with Gasteiger partial charge in [0.1, 0.15) is 0 Å². The highest BCUT2D eigenvalue weighted by molar-refractivity contribution is 7.91. The highest BCUT2D eigenvalue weighted by Gasteiger charge is 2.15. The van der Waals surface area contributed by atoms with Crippen molar-refractivity contribution in [3.63, 3.8) is 0 Å². The predicted molar refractivity (Wildman–Crippen MR) is 71.4 cm³/mol. The average molecular weight is 291 g/mol. The number of rotatable bonds is 5. The van der Waals surface area contributed by atoms with Gasteiger partial charge in [-0.1, -0.05) is 6.07 Å². The van der Waals surface area contributed by atoms with Crippen molar-refractivity contribution < 1.29 is 13.5 Å². The fourth-order valence-electron chi connectivity index (χ4n) is 1.71. The molecule has 0 radical (unpaired) electrons. The van der Waals surface area contributed by atoms with Crippen LogP contribution in [-0.2, 0) is 23.0 Å². The van der Waals surface area contributed by atoms with E-state index in [-0.39, 0.29) is 23.8 Å². The molecule has 2 rings (SSSR count). The summed E-state index contributed by atoms with van der Waals surface area (Å²) in [6, 6.07) is 7.86. The molecular weight excluding hydrogens is 278 g/mol. The van der Waals surface area contributed by atoms with E-state index in [2.05, 4.69) is 4.98 Å². The number of sulfone groups is 1. The van der Waals surface area contributed by atoms with Crippen LogP contribution in [0.3, 0.4) is 0 Å². The van der Waals surface area contributed by atoms with Crippen LogP contribution in [0.5, 0.6) is 0 Å². The Morgan fingerprint density at radius 2 is 2.20 bits per heavy atom. The van der Waals surface area contributed by atoms with Crippen molar-refractivity contribution in [2.45, 2.75) is 18.0 Å². The van der Waals surface area contributed by atoms with E-state index in [4.69, 9.17) is 10.4 Å². The van der Waals surface area contributed by atoms with Crippen molar-refractivity contribution in [1.82, 2.24) is 9.55 Å². The van der Waals surface area contributed by atoms with Gasteiger partial charge in [0.15, 0.2) is 9.84 Å². The van der Waals surface area contributed by atoms with E-state index in [1.54, 1.807) is 22.9 Å². The van der Waals surface area contributed by atoms with E-state index < -0.39 is 9.84 Å². The van der Waals surface area contributed by atoms with Crippen molar-refractivity contribution >= 4 is 9.84 Å². The summed E-state index contributed by atoms with van der Waals surface area (Å²) in [5.41, 5.74) is 0.810. The lowest BCUT2D eigenvalue weighted by Gasteiger charge is -2.05. The number of aliphatic hydroxyl groups excluding tert-OH is 1. The number of aryl methyl sites for hydroxylation is 1. The monoisotopic (exact) mass is 291 g/mol. The highest BCUT2D eigenvalue weighted by Crippen LogP contribution is 2.13. The fourth-order valence-corrected chi connectivity index (χ4v) is 2.99. The number of aromatic nitrogens is 2. The molecule has 0 fully saturated rings. The lowest BCUT2D eigenvalue weighted by atomic mass is 10.2. The third-order valence-corrected chi connectivity index (χ3v) is 4.48. The first-order valence-corrected chi connectivity index (χ1v) is 7.55. The Morgan fingerprint density at radius 1 is 1.40 bits per heavy atom. The number of aliphatic hydroxyl groups is 1. The zero-order valence-corrected chi connectivity index (χ0v) is 11.4. The van der Waals surface area contributed by atoms with Crippen molar-refractivity contribution in [3.8, 4) is 6.07 Å². The van der Waals surface area contributed by atoms with Crippen molar-refractivity contribution in [1.29, 1.82) is 5.26 Å². The topological polar surface area (TPSA) is 96.0 Å². The summed E-state index contributed by atoms with van der Waals surface area (Å²) in [4.78, 5) is 4.05. The number of hydrogen-bond donors (Lipinski definition) is 1. The van der Waals surface area contributed by atoms with E-state index in [0.717, 1.165) is 0 Å². The fraction of sp³-hybridized carbons (Fsp3) is 0.231. The average Bonchev–Trinajstić information content (AvgIpc) is 2.93. The van der Waals surface area contributed by atoms with Gasteiger partial charge in [-0.3, -0.25) is 0 Å². The Morgan fingerprint density at radius 3 is 2.85 bits per heavy atom. The molecule has 0 aliphatic rings. The molecule has 1 N–H and O–H groups in total. The lowest BCUT2D eigenvalue weighted by molar-refractivity contribution is 0.277. The van der Waals surface area contributed by atoms with Crippen LogP contribution in [0.1, 0.15) is 11.3 Å². The number of nitriles is 1. The first-order chi connectivity index (χ1) is 9.55. The van der Waals surface area contributed by atoms with Crippen LogP contribution in [0.4, 0.5) is 0 Å². The predicted octanol–water partition coefficient (Wildman–Crippen LogP) is 0.721. The molecule has 7 heteroatoms. The van der Waals surface area contributed by atoms with Gasteiger partial charge in [-0.15, -0.1) is 0 Å². The first-order valence-electron chi connectivity index (χ1n) is 5.89. The molecule has 1 aromatic carbocycles. The van der Waals surface area contributed by atoms with Crippen LogP contribution < -0.4 is 0 Å². The van der Waals surface area contributed by atoms with Crippen LogP contribution in [0.25, 0.3) is 0 Å². The Hall–Kier alpha value is -2.17. The number of nitrogens with zero attached hydrogens (tertiary/aromatic N) is 3. The molecule has 0 aliphatic carbocycles. The summed E-state index contributed by atoms with van der Waals surface area (Å²) in [5, 5.41) is 17.7. The van der Waals surface area contributed by atoms with E-state index >= 15 is 0 Å². The molecule has 0 bridgehead atoms. The van der Waals surface area contributed by atoms with Crippen LogP contribution >= 0.6 is 0 Å². The molecule has 104 valence electrons. The molecule has 0 saturated heterocycles. The summed E-state index contributed by atoms with van der Waals surface area (Å²) >= 11 is 0. The molecule has 0 atom stereocenters. The second-order valence-corrected chi connectivity index (χ2v) is 6.33. The summed E-state index contributed by atoms with van der Waals surface area (Å²) in [6.07, 6.45) is 3.08. The molecule has 0 amide bonds. The van der Waals surface area contributed by atoms with E-state index in [9.17, 15) is 8.42 Å². The maximum Gasteiger partial charge on any atom is 0.180 e. The second kappa shape index (κ2) is 5.86. The van der Waals surface area contributed by atoms with E-state index in [1.807, 2.05) is 6.07 Å². The standard InChI is InChI=1S/C13H13N3O3S/c14-7-11-2-1-3-13(6-11)20(18,19)5-4-16-8-12(9-17)15-10-16/h1-3,6,8,10,17H,4-5,9H2. The molecule has 1 aromatic heterocycles. The summed E-state index contributed by atoms with van der Waals surface area (Å²) < 4.78 is 25.9. The van der Waals surface area contributed by atoms with Crippen LogP contribution in [0.15, 0.2) is 41.7 Å². The molecule has 2 aromatic rings. The van der Waals surface area contributed by atoms with Gasteiger partial charge in [0.25, 0.3) is 0 Å². The van der Waals surface area contributed by atoms with Gasteiger partial charge in [-0.2, -0.15) is 5.26 Å². The Balaban J connectivity index is 2.13. The molecule has 20 heavy (non-hydrogen) atoms. The maximum atomic E-state index is 12.2. The zero-order chi connectivity index (χ0) is 14.6. The lowest BCUT2D eigenvalue weighted by Crippen LogP contribution is -2.12. The number of benzene rings is 1. The SMILES string of the molecule is N#Cc1cccc(S(=O)(=O)CCn2cnc(CO)c2)c1. The van der Waals surface area contributed by atoms with Gasteiger partial charge in [-0.05, 0) is 18.2 Å². The third-order valence-electron chi connectivity index (χ3n) is 2.79. The summed E-state index contributed by atoms with van der Waals surface area (Å²) in [7, 11) is -3.45. The largest absolute Gasteiger partial charge is 0.390 e. The highest BCUT2D eigenvalue weighted by atomic mass is 32.2. The van der Waals surface area contributed by atoms with Crippen molar-refractivity contribution in [2.24, 2.45) is 0 Å². The minimum atomic E-state index is -3.45. The molecule has 0 unspecified atom stereocenters. The molecule has 0 aliphatic heterocycles. The van der Waals surface area contributed by atoms with Gasteiger partial charge in [0.2, 0.25) is 0 Å². The third kappa shape index (κ3) is 3.23. The van der Waals surface area contributed by atoms with Gasteiger partial charge in [0.05, 0.1) is 40.9 Å². The summed E-state index contributed by atoms with van der Waals surface area (Å²) in [6.45, 7) is 0.0656. The van der Waals surface area contributed by atoms with Crippen molar-refractivity contribution in [2.75, 3.05) is 5.75 Å². The van der Waals surface area contributed by atoms with E-state index in [0.29, 0.717) is 11.3 Å². The second-order valence-electron chi connectivity index (χ2n) is 4.22. The molecular formula is C13H13N3O3S. The van der Waals surface area contributed by atoms with Gasteiger partial charge < -0.3 is 9.67 Å².